The van der Waals surface area contributed by atoms with Crippen LogP contribution in [0, 0.1) is 0 Å². The molecule has 1 aliphatic heterocycles. The maximum absolute atomic E-state index is 11.8. The monoisotopic (exact) mass is 322 g/mol. The summed E-state index contributed by atoms with van der Waals surface area (Å²) >= 11 is 0. The van der Waals surface area contributed by atoms with Gasteiger partial charge in [0.1, 0.15) is 11.9 Å². The molecule has 1 amide bonds. The number of rotatable bonds is 7. The molecule has 0 radical (unpaired) electrons. The Morgan fingerprint density at radius 3 is 2.70 bits per heavy atom. The average molecular weight is 322 g/mol. The van der Waals surface area contributed by atoms with Gasteiger partial charge in [0.25, 0.3) is 0 Å². The highest BCUT2D eigenvalue weighted by molar-refractivity contribution is 5.76. The molecule has 130 valence electrons. The number of amides is 1. The second-order valence-electron chi connectivity index (χ2n) is 6.59. The van der Waals surface area contributed by atoms with Gasteiger partial charge in [0.2, 0.25) is 5.91 Å². The zero-order valence-electron chi connectivity index (χ0n) is 14.3. The summed E-state index contributed by atoms with van der Waals surface area (Å²) < 4.78 is 11.8. The Hall–Kier alpha value is -1.33. The maximum Gasteiger partial charge on any atom is 0.220 e. The minimum Gasteiger partial charge on any atom is -0.491 e. The van der Waals surface area contributed by atoms with E-state index in [-0.39, 0.29) is 30.3 Å². The first-order chi connectivity index (χ1) is 11.1. The van der Waals surface area contributed by atoms with Crippen molar-refractivity contribution in [2.24, 2.45) is 5.73 Å². The summed E-state index contributed by atoms with van der Waals surface area (Å²) in [5.41, 5.74) is 5.44. The minimum atomic E-state index is 0.0697. The van der Waals surface area contributed by atoms with E-state index in [0.29, 0.717) is 13.0 Å². The van der Waals surface area contributed by atoms with E-state index in [4.69, 9.17) is 15.2 Å². The number of unbranched alkanes of at least 4 members (excludes halogenated alkanes) is 1. The maximum atomic E-state index is 11.8. The van der Waals surface area contributed by atoms with Crippen LogP contribution < -0.4 is 11.1 Å². The van der Waals surface area contributed by atoms with Crippen molar-refractivity contribution in [1.29, 1.82) is 0 Å². The zero-order valence-corrected chi connectivity index (χ0v) is 14.3. The topological polar surface area (TPSA) is 73.6 Å². The summed E-state index contributed by atoms with van der Waals surface area (Å²) in [5.74, 6) is 1.00. The second-order valence-corrected chi connectivity index (χ2v) is 6.59. The van der Waals surface area contributed by atoms with E-state index in [9.17, 15) is 4.79 Å². The highest BCUT2D eigenvalue weighted by atomic mass is 16.5. The summed E-state index contributed by atoms with van der Waals surface area (Å²) in [4.78, 5) is 11.8. The molecule has 5 heteroatoms. The standard InChI is InChI=1S/C18H30N2O3/c1-13-11-17(12-14(2)22-13)23-16-8-6-15(7-9-16)20-18(21)5-3-4-10-19/h6,8-9,13-15,17H,3-5,7,10-12,19H2,1-2H3,(H,20,21). The van der Waals surface area contributed by atoms with Crippen molar-refractivity contribution >= 4 is 5.91 Å². The number of nitrogens with one attached hydrogen (secondary N) is 1. The third kappa shape index (κ3) is 6.36. The molecule has 3 atom stereocenters. The van der Waals surface area contributed by atoms with Gasteiger partial charge in [-0.25, -0.2) is 0 Å². The number of carbonyl (C=O) groups is 1. The van der Waals surface area contributed by atoms with Crippen LogP contribution in [-0.4, -0.2) is 36.8 Å². The van der Waals surface area contributed by atoms with Crippen LogP contribution in [0.4, 0.5) is 0 Å². The van der Waals surface area contributed by atoms with Gasteiger partial charge in [0, 0.05) is 19.3 Å². The first-order valence-corrected chi connectivity index (χ1v) is 8.76. The third-order valence-corrected chi connectivity index (χ3v) is 4.23. The van der Waals surface area contributed by atoms with E-state index in [1.165, 1.54) is 0 Å². The van der Waals surface area contributed by atoms with Gasteiger partial charge in [0.15, 0.2) is 0 Å². The van der Waals surface area contributed by atoms with Crippen LogP contribution in [0.2, 0.25) is 0 Å². The fraction of sp³-hybridized carbons (Fsp3) is 0.722. The van der Waals surface area contributed by atoms with E-state index >= 15 is 0 Å². The van der Waals surface area contributed by atoms with Gasteiger partial charge in [-0.2, -0.15) is 0 Å². The van der Waals surface area contributed by atoms with Crippen LogP contribution in [0.15, 0.2) is 24.0 Å². The van der Waals surface area contributed by atoms with E-state index in [0.717, 1.165) is 37.9 Å². The molecule has 0 spiro atoms. The zero-order chi connectivity index (χ0) is 16.7. The first kappa shape index (κ1) is 18.0. The molecular weight excluding hydrogens is 292 g/mol. The molecule has 0 aromatic carbocycles. The van der Waals surface area contributed by atoms with E-state index in [1.54, 1.807) is 0 Å². The molecule has 5 nitrogen and oxygen atoms in total. The quantitative estimate of drug-likeness (QED) is 0.706. The largest absolute Gasteiger partial charge is 0.491 e. The summed E-state index contributed by atoms with van der Waals surface area (Å²) in [6.07, 6.45) is 11.7. The molecule has 0 bridgehead atoms. The Bertz CT molecular complexity index is 438. The van der Waals surface area contributed by atoms with Crippen LogP contribution >= 0.6 is 0 Å². The van der Waals surface area contributed by atoms with E-state index < -0.39 is 0 Å². The molecule has 1 fully saturated rings. The Labute approximate surface area is 139 Å². The molecule has 2 rings (SSSR count). The normalized spacial score (nSPS) is 30.7. The smallest absolute Gasteiger partial charge is 0.220 e. The van der Waals surface area contributed by atoms with Gasteiger partial charge in [-0.15, -0.1) is 0 Å². The number of ether oxygens (including phenoxy) is 2. The van der Waals surface area contributed by atoms with E-state index in [2.05, 4.69) is 25.2 Å². The highest BCUT2D eigenvalue weighted by Gasteiger charge is 2.26. The molecule has 0 aromatic rings. The predicted molar refractivity (Wildman–Crippen MR) is 90.8 cm³/mol. The second kappa shape index (κ2) is 9.08. The molecular formula is C18H30N2O3. The molecule has 1 heterocycles. The lowest BCUT2D eigenvalue weighted by molar-refractivity contribution is -0.121. The number of hydrogen-bond acceptors (Lipinski definition) is 4. The van der Waals surface area contributed by atoms with Crippen molar-refractivity contribution < 1.29 is 14.3 Å². The number of allylic oxidation sites excluding steroid dienone is 1. The predicted octanol–water partition coefficient (Wildman–Crippen LogP) is 2.42. The lowest BCUT2D eigenvalue weighted by Gasteiger charge is -2.33. The van der Waals surface area contributed by atoms with Gasteiger partial charge in [-0.1, -0.05) is 6.08 Å². The summed E-state index contributed by atoms with van der Waals surface area (Å²) in [6.45, 7) is 4.82. The average Bonchev–Trinajstić information content (AvgIpc) is 2.48. The van der Waals surface area contributed by atoms with Crippen molar-refractivity contribution in [1.82, 2.24) is 5.32 Å². The molecule has 23 heavy (non-hydrogen) atoms. The van der Waals surface area contributed by atoms with Gasteiger partial charge in [0.05, 0.1) is 18.2 Å². The fourth-order valence-electron chi connectivity index (χ4n) is 3.14. The fourth-order valence-corrected chi connectivity index (χ4v) is 3.14. The third-order valence-electron chi connectivity index (χ3n) is 4.23. The Kier molecular flexibility index (Phi) is 7.12. The highest BCUT2D eigenvalue weighted by Crippen LogP contribution is 2.25. The van der Waals surface area contributed by atoms with Gasteiger partial charge >= 0.3 is 0 Å². The van der Waals surface area contributed by atoms with Gasteiger partial charge < -0.3 is 20.5 Å². The summed E-state index contributed by atoms with van der Waals surface area (Å²) in [5, 5.41) is 3.03. The van der Waals surface area contributed by atoms with Gasteiger partial charge in [-0.05, 0) is 51.8 Å². The Morgan fingerprint density at radius 2 is 2.09 bits per heavy atom. The van der Waals surface area contributed by atoms with Crippen molar-refractivity contribution in [3.8, 4) is 0 Å². The van der Waals surface area contributed by atoms with Crippen molar-refractivity contribution in [3.05, 3.63) is 24.0 Å². The van der Waals surface area contributed by atoms with Crippen molar-refractivity contribution in [3.63, 3.8) is 0 Å². The lowest BCUT2D eigenvalue weighted by atomic mass is 10.0. The van der Waals surface area contributed by atoms with Gasteiger partial charge in [-0.3, -0.25) is 4.79 Å². The first-order valence-electron chi connectivity index (χ1n) is 8.76. The summed E-state index contributed by atoms with van der Waals surface area (Å²) in [6, 6.07) is 0.0697. The van der Waals surface area contributed by atoms with Crippen LogP contribution in [0.1, 0.15) is 52.4 Å². The number of carbonyl (C=O) groups excluding carboxylic acids is 1. The molecule has 3 unspecified atom stereocenters. The van der Waals surface area contributed by atoms with Crippen LogP contribution in [0.3, 0.4) is 0 Å². The molecule has 0 aromatic heterocycles. The van der Waals surface area contributed by atoms with E-state index in [1.807, 2.05) is 12.2 Å². The minimum absolute atomic E-state index is 0.0697. The Morgan fingerprint density at radius 1 is 1.35 bits per heavy atom. The van der Waals surface area contributed by atoms with Crippen molar-refractivity contribution in [2.45, 2.75) is 76.7 Å². The number of nitrogens with two attached hydrogens (primary N) is 1. The number of hydrogen-bond donors (Lipinski definition) is 2. The van der Waals surface area contributed by atoms with Crippen LogP contribution in [0.5, 0.6) is 0 Å². The Balaban J connectivity index is 1.71. The molecule has 0 saturated carbocycles. The SMILES string of the molecule is CC1CC(OC2=CCC(NC(=O)CCCCN)C=C2)CC(C)O1. The van der Waals surface area contributed by atoms with Crippen LogP contribution in [0.25, 0.3) is 0 Å². The lowest BCUT2D eigenvalue weighted by Crippen LogP contribution is -2.35. The molecule has 1 saturated heterocycles. The van der Waals surface area contributed by atoms with Crippen molar-refractivity contribution in [2.75, 3.05) is 6.54 Å². The molecule has 2 aliphatic rings. The van der Waals surface area contributed by atoms with Crippen LogP contribution in [-0.2, 0) is 14.3 Å². The molecule has 1 aliphatic carbocycles. The molecule has 3 N–H and O–H groups in total. The summed E-state index contributed by atoms with van der Waals surface area (Å²) in [7, 11) is 0.